The van der Waals surface area contributed by atoms with Crippen molar-refractivity contribution in [2.45, 2.75) is 60.0 Å². The molecule has 0 aromatic carbocycles. The molecule has 0 atom stereocenters. The Hall–Kier alpha value is -1.09. The molecule has 114 valence electrons. The molecule has 0 aliphatic carbocycles. The van der Waals surface area contributed by atoms with Gasteiger partial charge in [-0.1, -0.05) is 33.8 Å². The van der Waals surface area contributed by atoms with Crippen molar-refractivity contribution in [2.75, 3.05) is 18.4 Å². The first-order chi connectivity index (χ1) is 9.60. The average Bonchev–Trinajstić information content (AvgIpc) is 2.40. The Morgan fingerprint density at radius 3 is 2.40 bits per heavy atom. The first-order valence-corrected chi connectivity index (χ1v) is 8.04. The Morgan fingerprint density at radius 1 is 1.15 bits per heavy atom. The maximum Gasteiger partial charge on any atom is 0.126 e. The molecule has 0 spiro atoms. The number of anilines is 1. The minimum atomic E-state index is 0.655. The van der Waals surface area contributed by atoms with Crippen molar-refractivity contribution in [1.29, 1.82) is 0 Å². The largest absolute Gasteiger partial charge is 0.370 e. The first kappa shape index (κ1) is 17.0. The molecule has 20 heavy (non-hydrogen) atoms. The summed E-state index contributed by atoms with van der Waals surface area (Å²) in [6.45, 7) is 14.2. The Balaban J connectivity index is 2.79. The number of hydrogen-bond donors (Lipinski definition) is 1. The number of nitrogens with zero attached hydrogens (tertiary/aromatic N) is 2. The highest BCUT2D eigenvalue weighted by Gasteiger charge is 2.17. The minimum Gasteiger partial charge on any atom is -0.370 e. The number of rotatable bonds is 9. The normalized spacial score (nSPS) is 11.6. The summed E-state index contributed by atoms with van der Waals surface area (Å²) in [6, 6.07) is 6.93. The van der Waals surface area contributed by atoms with Gasteiger partial charge in [0, 0.05) is 25.7 Å². The fraction of sp³-hybridized carbons (Fsp3) is 0.706. The predicted octanol–water partition coefficient (Wildman–Crippen LogP) is 4.16. The van der Waals surface area contributed by atoms with Gasteiger partial charge in [0.25, 0.3) is 0 Å². The monoisotopic (exact) mass is 277 g/mol. The lowest BCUT2D eigenvalue weighted by Crippen LogP contribution is -2.37. The Labute approximate surface area is 124 Å². The van der Waals surface area contributed by atoms with Crippen LogP contribution in [0.1, 0.15) is 53.2 Å². The van der Waals surface area contributed by atoms with E-state index in [0.717, 1.165) is 31.1 Å². The number of aromatic nitrogens is 1. The van der Waals surface area contributed by atoms with Crippen molar-refractivity contribution in [3.05, 3.63) is 23.9 Å². The Bertz CT molecular complexity index is 372. The Kier molecular flexibility index (Phi) is 7.60. The summed E-state index contributed by atoms with van der Waals surface area (Å²) < 4.78 is 0. The summed E-state index contributed by atoms with van der Waals surface area (Å²) in [5, 5.41) is 3.29. The minimum absolute atomic E-state index is 0.655. The lowest BCUT2D eigenvalue weighted by Gasteiger charge is -2.31. The molecule has 0 bridgehead atoms. The molecule has 0 aliphatic heterocycles. The van der Waals surface area contributed by atoms with Gasteiger partial charge in [-0.05, 0) is 37.8 Å². The molecule has 3 nitrogen and oxygen atoms in total. The lowest BCUT2D eigenvalue weighted by atomic mass is 10.1. The third-order valence-electron chi connectivity index (χ3n) is 3.59. The number of hydrogen-bond acceptors (Lipinski definition) is 3. The van der Waals surface area contributed by atoms with E-state index in [9.17, 15) is 0 Å². The second-order valence-corrected chi connectivity index (χ2v) is 5.84. The molecule has 3 heteroatoms. The number of pyridine rings is 1. The smallest absolute Gasteiger partial charge is 0.126 e. The van der Waals surface area contributed by atoms with Crippen LogP contribution in [0.5, 0.6) is 0 Å². The third kappa shape index (κ3) is 5.49. The van der Waals surface area contributed by atoms with Crippen LogP contribution in [0.2, 0.25) is 0 Å². The average molecular weight is 277 g/mol. The van der Waals surface area contributed by atoms with E-state index in [2.05, 4.69) is 57.0 Å². The second kappa shape index (κ2) is 8.96. The van der Waals surface area contributed by atoms with Crippen LogP contribution in [0.15, 0.2) is 18.2 Å². The van der Waals surface area contributed by atoms with Gasteiger partial charge >= 0.3 is 0 Å². The standard InChI is InChI=1S/C17H31N3/c1-6-16(7-2)20(12-14(4)5)13-15-10-9-11-17(19-15)18-8-3/h9-11,14,16H,6-8,12-13H2,1-5H3,(H,18,19). The molecule has 0 saturated carbocycles. The molecule has 1 rings (SSSR count). The molecule has 1 heterocycles. The lowest BCUT2D eigenvalue weighted by molar-refractivity contribution is 0.155. The quantitative estimate of drug-likeness (QED) is 0.734. The Morgan fingerprint density at radius 2 is 1.85 bits per heavy atom. The summed E-state index contributed by atoms with van der Waals surface area (Å²) in [5.74, 6) is 1.67. The van der Waals surface area contributed by atoms with Gasteiger partial charge in [0.05, 0.1) is 5.69 Å². The van der Waals surface area contributed by atoms with Crippen LogP contribution in [-0.4, -0.2) is 29.0 Å². The van der Waals surface area contributed by atoms with Gasteiger partial charge in [-0.3, -0.25) is 4.90 Å². The highest BCUT2D eigenvalue weighted by atomic mass is 15.2. The number of nitrogens with one attached hydrogen (secondary N) is 1. The van der Waals surface area contributed by atoms with Crippen molar-refractivity contribution < 1.29 is 0 Å². The molecule has 0 radical (unpaired) electrons. The topological polar surface area (TPSA) is 28.2 Å². The highest BCUT2D eigenvalue weighted by molar-refractivity contribution is 5.34. The summed E-state index contributed by atoms with van der Waals surface area (Å²) in [5.41, 5.74) is 1.16. The van der Waals surface area contributed by atoms with Gasteiger partial charge in [0.1, 0.15) is 5.82 Å². The second-order valence-electron chi connectivity index (χ2n) is 5.84. The van der Waals surface area contributed by atoms with E-state index in [4.69, 9.17) is 4.98 Å². The molecule has 1 N–H and O–H groups in total. The summed E-state index contributed by atoms with van der Waals surface area (Å²) in [7, 11) is 0. The van der Waals surface area contributed by atoms with Gasteiger partial charge in [0.15, 0.2) is 0 Å². The van der Waals surface area contributed by atoms with E-state index in [1.54, 1.807) is 0 Å². The van der Waals surface area contributed by atoms with Crippen LogP contribution in [0.3, 0.4) is 0 Å². The van der Waals surface area contributed by atoms with Gasteiger partial charge in [-0.2, -0.15) is 0 Å². The van der Waals surface area contributed by atoms with Crippen molar-refractivity contribution in [3.63, 3.8) is 0 Å². The SMILES string of the molecule is CCNc1cccc(CN(CC(C)C)C(CC)CC)n1. The molecule has 1 aromatic heterocycles. The van der Waals surface area contributed by atoms with E-state index in [-0.39, 0.29) is 0 Å². The molecule has 0 unspecified atom stereocenters. The van der Waals surface area contributed by atoms with Crippen LogP contribution in [0.25, 0.3) is 0 Å². The third-order valence-corrected chi connectivity index (χ3v) is 3.59. The van der Waals surface area contributed by atoms with Gasteiger partial charge in [-0.25, -0.2) is 4.98 Å². The maximum absolute atomic E-state index is 4.71. The van der Waals surface area contributed by atoms with Crippen LogP contribution < -0.4 is 5.32 Å². The van der Waals surface area contributed by atoms with Crippen molar-refractivity contribution in [3.8, 4) is 0 Å². The van der Waals surface area contributed by atoms with Crippen LogP contribution >= 0.6 is 0 Å². The van der Waals surface area contributed by atoms with E-state index < -0.39 is 0 Å². The molecule has 0 aliphatic rings. The van der Waals surface area contributed by atoms with Crippen molar-refractivity contribution >= 4 is 5.82 Å². The molecular formula is C17H31N3. The summed E-state index contributed by atoms with van der Waals surface area (Å²) in [6.07, 6.45) is 2.41. The molecular weight excluding hydrogens is 246 g/mol. The van der Waals surface area contributed by atoms with Crippen LogP contribution in [0.4, 0.5) is 5.82 Å². The van der Waals surface area contributed by atoms with Gasteiger partial charge in [0.2, 0.25) is 0 Å². The van der Waals surface area contributed by atoms with E-state index in [1.165, 1.54) is 12.8 Å². The summed E-state index contributed by atoms with van der Waals surface area (Å²) in [4.78, 5) is 7.29. The molecule has 0 fully saturated rings. The zero-order valence-corrected chi connectivity index (χ0v) is 13.8. The fourth-order valence-electron chi connectivity index (χ4n) is 2.67. The van der Waals surface area contributed by atoms with E-state index in [0.29, 0.717) is 12.0 Å². The van der Waals surface area contributed by atoms with Gasteiger partial charge in [-0.15, -0.1) is 0 Å². The van der Waals surface area contributed by atoms with Gasteiger partial charge < -0.3 is 5.32 Å². The van der Waals surface area contributed by atoms with Crippen molar-refractivity contribution in [1.82, 2.24) is 9.88 Å². The van der Waals surface area contributed by atoms with E-state index in [1.807, 2.05) is 6.07 Å². The molecule has 0 amide bonds. The summed E-state index contributed by atoms with van der Waals surface area (Å²) >= 11 is 0. The molecule has 1 aromatic rings. The van der Waals surface area contributed by atoms with Crippen molar-refractivity contribution in [2.24, 2.45) is 5.92 Å². The van der Waals surface area contributed by atoms with Crippen LogP contribution in [-0.2, 0) is 6.54 Å². The first-order valence-electron chi connectivity index (χ1n) is 8.04. The maximum atomic E-state index is 4.71. The van der Waals surface area contributed by atoms with Crippen LogP contribution in [0, 0.1) is 5.92 Å². The zero-order valence-electron chi connectivity index (χ0n) is 13.8. The fourth-order valence-corrected chi connectivity index (χ4v) is 2.67. The zero-order chi connectivity index (χ0) is 15.0. The van der Waals surface area contributed by atoms with E-state index >= 15 is 0 Å². The highest BCUT2D eigenvalue weighted by Crippen LogP contribution is 2.16. The predicted molar refractivity (Wildman–Crippen MR) is 88.0 cm³/mol. The molecule has 0 saturated heterocycles.